The van der Waals surface area contributed by atoms with Crippen molar-refractivity contribution in [2.75, 3.05) is 44.2 Å². The summed E-state index contributed by atoms with van der Waals surface area (Å²) in [6.07, 6.45) is 2.23. The summed E-state index contributed by atoms with van der Waals surface area (Å²) in [5.74, 6) is 0. The number of piperazine rings is 1. The Morgan fingerprint density at radius 3 is 2.50 bits per heavy atom. The monoisotopic (exact) mass is 247 g/mol. The van der Waals surface area contributed by atoms with Crippen molar-refractivity contribution in [3.8, 4) is 0 Å². The highest BCUT2D eigenvalue weighted by atomic mass is 15.3. The first-order valence-electron chi connectivity index (χ1n) is 7.10. The normalized spacial score (nSPS) is 17.1. The molecule has 0 radical (unpaired) electrons. The lowest BCUT2D eigenvalue weighted by molar-refractivity contribution is 0.256. The molecule has 0 atom stereocenters. The molecule has 1 aromatic carbocycles. The highest BCUT2D eigenvalue weighted by Gasteiger charge is 2.17. The zero-order valence-corrected chi connectivity index (χ0v) is 11.4. The minimum absolute atomic E-state index is 0.804. The summed E-state index contributed by atoms with van der Waals surface area (Å²) in [7, 11) is 0. The fraction of sp³-hybridized carbons (Fsp3) is 0.600. The summed E-state index contributed by atoms with van der Waals surface area (Å²) in [5.41, 5.74) is 8.46. The minimum atomic E-state index is 0.804. The van der Waals surface area contributed by atoms with Crippen molar-refractivity contribution in [1.29, 1.82) is 0 Å². The standard InChI is InChI=1S/C15H25N3/c1-2-14-6-3-4-7-15(14)18-12-10-17(11-13-18)9-5-8-16/h3-4,6-7H,2,5,8-13,16H2,1H3. The Balaban J connectivity index is 1.92. The third-order valence-electron chi connectivity index (χ3n) is 3.76. The zero-order valence-electron chi connectivity index (χ0n) is 11.4. The average Bonchev–Trinajstić information content (AvgIpc) is 2.45. The molecule has 1 heterocycles. The number of hydrogen-bond donors (Lipinski definition) is 1. The van der Waals surface area contributed by atoms with Gasteiger partial charge in [0.25, 0.3) is 0 Å². The van der Waals surface area contributed by atoms with Gasteiger partial charge in [0.2, 0.25) is 0 Å². The molecule has 0 aromatic heterocycles. The predicted molar refractivity (Wildman–Crippen MR) is 78.1 cm³/mol. The molecular weight excluding hydrogens is 222 g/mol. The summed E-state index contributed by atoms with van der Waals surface area (Å²) >= 11 is 0. The van der Waals surface area contributed by atoms with Gasteiger partial charge in [0.15, 0.2) is 0 Å². The SMILES string of the molecule is CCc1ccccc1N1CCN(CCCN)CC1. The van der Waals surface area contributed by atoms with Crippen molar-refractivity contribution < 1.29 is 0 Å². The Labute approximate surface area is 111 Å². The fourth-order valence-electron chi connectivity index (χ4n) is 2.65. The molecule has 2 rings (SSSR count). The van der Waals surface area contributed by atoms with E-state index in [-0.39, 0.29) is 0 Å². The van der Waals surface area contributed by atoms with Crippen molar-refractivity contribution in [2.45, 2.75) is 19.8 Å². The third-order valence-corrected chi connectivity index (χ3v) is 3.76. The van der Waals surface area contributed by atoms with E-state index in [9.17, 15) is 0 Å². The van der Waals surface area contributed by atoms with Gasteiger partial charge in [0.05, 0.1) is 0 Å². The fourth-order valence-corrected chi connectivity index (χ4v) is 2.65. The molecule has 1 saturated heterocycles. The van der Waals surface area contributed by atoms with Crippen LogP contribution >= 0.6 is 0 Å². The van der Waals surface area contributed by atoms with E-state index in [1.54, 1.807) is 0 Å². The molecule has 1 aliphatic rings. The predicted octanol–water partition coefficient (Wildman–Crippen LogP) is 1.72. The Hall–Kier alpha value is -1.06. The molecular formula is C15H25N3. The lowest BCUT2D eigenvalue weighted by Gasteiger charge is -2.37. The molecule has 0 amide bonds. The molecule has 2 N–H and O–H groups in total. The number of para-hydroxylation sites is 1. The molecule has 1 aliphatic heterocycles. The van der Waals surface area contributed by atoms with Crippen LogP contribution in [-0.2, 0) is 6.42 Å². The average molecular weight is 247 g/mol. The van der Waals surface area contributed by atoms with E-state index >= 15 is 0 Å². The van der Waals surface area contributed by atoms with Gasteiger partial charge in [-0.25, -0.2) is 0 Å². The van der Waals surface area contributed by atoms with E-state index < -0.39 is 0 Å². The number of anilines is 1. The van der Waals surface area contributed by atoms with Crippen LogP contribution in [0.5, 0.6) is 0 Å². The van der Waals surface area contributed by atoms with Gasteiger partial charge in [0.1, 0.15) is 0 Å². The van der Waals surface area contributed by atoms with Crippen LogP contribution in [-0.4, -0.2) is 44.2 Å². The molecule has 0 bridgehead atoms. The maximum Gasteiger partial charge on any atom is 0.0399 e. The van der Waals surface area contributed by atoms with Crippen molar-refractivity contribution in [3.05, 3.63) is 29.8 Å². The number of benzene rings is 1. The Morgan fingerprint density at radius 2 is 1.83 bits per heavy atom. The zero-order chi connectivity index (χ0) is 12.8. The van der Waals surface area contributed by atoms with Crippen LogP contribution in [0.25, 0.3) is 0 Å². The lowest BCUT2D eigenvalue weighted by Crippen LogP contribution is -2.47. The first-order chi connectivity index (χ1) is 8.85. The van der Waals surface area contributed by atoms with Gasteiger partial charge >= 0.3 is 0 Å². The van der Waals surface area contributed by atoms with Crippen molar-refractivity contribution in [1.82, 2.24) is 4.90 Å². The number of nitrogens with two attached hydrogens (primary N) is 1. The smallest absolute Gasteiger partial charge is 0.0399 e. The van der Waals surface area contributed by atoms with E-state index in [4.69, 9.17) is 5.73 Å². The summed E-state index contributed by atoms with van der Waals surface area (Å²) in [5, 5.41) is 0. The lowest BCUT2D eigenvalue weighted by atomic mass is 10.1. The van der Waals surface area contributed by atoms with Crippen LogP contribution in [0.3, 0.4) is 0 Å². The second-order valence-corrected chi connectivity index (χ2v) is 4.95. The number of rotatable bonds is 5. The van der Waals surface area contributed by atoms with Gasteiger partial charge in [-0.1, -0.05) is 25.1 Å². The molecule has 0 unspecified atom stereocenters. The Bertz CT molecular complexity index is 357. The molecule has 1 fully saturated rings. The van der Waals surface area contributed by atoms with Gasteiger partial charge in [-0.15, -0.1) is 0 Å². The molecule has 18 heavy (non-hydrogen) atoms. The molecule has 1 aromatic rings. The van der Waals surface area contributed by atoms with E-state index in [1.165, 1.54) is 11.3 Å². The van der Waals surface area contributed by atoms with Crippen molar-refractivity contribution in [2.24, 2.45) is 5.73 Å². The van der Waals surface area contributed by atoms with Crippen LogP contribution < -0.4 is 10.6 Å². The highest BCUT2D eigenvalue weighted by Crippen LogP contribution is 2.22. The molecule has 100 valence electrons. The quantitative estimate of drug-likeness (QED) is 0.860. The van der Waals surface area contributed by atoms with Crippen LogP contribution in [0, 0.1) is 0 Å². The van der Waals surface area contributed by atoms with Gasteiger partial charge in [0, 0.05) is 31.9 Å². The minimum Gasteiger partial charge on any atom is -0.369 e. The van der Waals surface area contributed by atoms with E-state index in [2.05, 4.69) is 41.0 Å². The van der Waals surface area contributed by atoms with Gasteiger partial charge in [-0.2, -0.15) is 0 Å². The molecule has 0 spiro atoms. The van der Waals surface area contributed by atoms with Crippen molar-refractivity contribution >= 4 is 5.69 Å². The third kappa shape index (κ3) is 3.24. The number of nitrogens with zero attached hydrogens (tertiary/aromatic N) is 2. The summed E-state index contributed by atoms with van der Waals surface area (Å²) in [6.45, 7) is 8.80. The van der Waals surface area contributed by atoms with Gasteiger partial charge < -0.3 is 10.6 Å². The van der Waals surface area contributed by atoms with E-state index in [0.29, 0.717) is 0 Å². The van der Waals surface area contributed by atoms with Crippen LogP contribution in [0.2, 0.25) is 0 Å². The molecule has 0 saturated carbocycles. The van der Waals surface area contributed by atoms with Crippen LogP contribution in [0.15, 0.2) is 24.3 Å². The largest absolute Gasteiger partial charge is 0.369 e. The summed E-state index contributed by atoms with van der Waals surface area (Å²) in [6, 6.07) is 8.79. The second-order valence-electron chi connectivity index (χ2n) is 4.95. The number of hydrogen-bond acceptors (Lipinski definition) is 3. The summed E-state index contributed by atoms with van der Waals surface area (Å²) < 4.78 is 0. The Morgan fingerprint density at radius 1 is 1.11 bits per heavy atom. The molecule has 0 aliphatic carbocycles. The Kier molecular flexibility index (Phi) is 5.02. The number of aryl methyl sites for hydroxylation is 1. The molecule has 3 nitrogen and oxygen atoms in total. The van der Waals surface area contributed by atoms with Gasteiger partial charge in [-0.05, 0) is 37.6 Å². The van der Waals surface area contributed by atoms with Gasteiger partial charge in [-0.3, -0.25) is 4.90 Å². The van der Waals surface area contributed by atoms with Crippen molar-refractivity contribution in [3.63, 3.8) is 0 Å². The first kappa shape index (κ1) is 13.4. The highest BCUT2D eigenvalue weighted by molar-refractivity contribution is 5.54. The van der Waals surface area contributed by atoms with E-state index in [1.807, 2.05) is 0 Å². The van der Waals surface area contributed by atoms with E-state index in [0.717, 1.165) is 52.1 Å². The topological polar surface area (TPSA) is 32.5 Å². The maximum absolute atomic E-state index is 5.56. The summed E-state index contributed by atoms with van der Waals surface area (Å²) in [4.78, 5) is 5.05. The van der Waals surface area contributed by atoms with Crippen LogP contribution in [0.4, 0.5) is 5.69 Å². The first-order valence-corrected chi connectivity index (χ1v) is 7.10. The second kappa shape index (κ2) is 6.76. The maximum atomic E-state index is 5.56. The molecule has 3 heteroatoms. The van der Waals surface area contributed by atoms with Crippen LogP contribution in [0.1, 0.15) is 18.9 Å².